The van der Waals surface area contributed by atoms with Crippen LogP contribution in [-0.2, 0) is 16.6 Å². The number of thiazole rings is 1. The molecule has 10 heteroatoms. The Labute approximate surface area is 171 Å². The van der Waals surface area contributed by atoms with E-state index in [0.29, 0.717) is 27.1 Å². The summed E-state index contributed by atoms with van der Waals surface area (Å²) in [6.45, 7) is 1.66. The third-order valence-electron chi connectivity index (χ3n) is 4.14. The highest BCUT2D eigenvalue weighted by Gasteiger charge is 2.21. The van der Waals surface area contributed by atoms with E-state index in [1.807, 2.05) is 13.0 Å². The second-order valence-electron chi connectivity index (χ2n) is 6.21. The van der Waals surface area contributed by atoms with Gasteiger partial charge in [-0.05, 0) is 31.2 Å². The van der Waals surface area contributed by atoms with Gasteiger partial charge in [-0.3, -0.25) is 0 Å². The minimum absolute atomic E-state index is 0.149. The number of nitrogens with zero attached hydrogens (tertiary/aromatic N) is 4. The van der Waals surface area contributed by atoms with Crippen LogP contribution in [0.5, 0.6) is 0 Å². The van der Waals surface area contributed by atoms with E-state index < -0.39 is 10.0 Å². The van der Waals surface area contributed by atoms with E-state index in [1.165, 1.54) is 23.7 Å². The quantitative estimate of drug-likeness (QED) is 0.486. The van der Waals surface area contributed by atoms with Crippen molar-refractivity contribution >= 4 is 32.3 Å². The van der Waals surface area contributed by atoms with Crippen LogP contribution >= 0.6 is 11.3 Å². The summed E-state index contributed by atoms with van der Waals surface area (Å²) in [4.78, 5) is 9.41. The van der Waals surface area contributed by atoms with Crippen LogP contribution in [0, 0.1) is 6.92 Å². The lowest BCUT2D eigenvalue weighted by atomic mass is 10.2. The van der Waals surface area contributed by atoms with Gasteiger partial charge in [-0.25, -0.2) is 9.97 Å². The van der Waals surface area contributed by atoms with Crippen molar-refractivity contribution in [2.75, 3.05) is 5.32 Å². The zero-order valence-corrected chi connectivity index (χ0v) is 17.0. The van der Waals surface area contributed by atoms with Gasteiger partial charge in [0.15, 0.2) is 5.13 Å². The molecule has 3 aromatic heterocycles. The minimum Gasteiger partial charge on any atom is -0.391 e. The molecule has 2 N–H and O–H groups in total. The molecular formula is C19H17N5O3S2. The van der Waals surface area contributed by atoms with Gasteiger partial charge in [-0.15, -0.1) is 0 Å². The molecule has 0 unspecified atom stereocenters. The number of nitrogens with one attached hydrogen (secondary N) is 1. The van der Waals surface area contributed by atoms with E-state index in [2.05, 4.69) is 20.4 Å². The topological polar surface area (TPSA) is 110 Å². The van der Waals surface area contributed by atoms with Crippen LogP contribution in [0.3, 0.4) is 0 Å². The van der Waals surface area contributed by atoms with E-state index in [-0.39, 0.29) is 11.5 Å². The average Bonchev–Trinajstić information content (AvgIpc) is 3.36. The highest BCUT2D eigenvalue weighted by molar-refractivity contribution is 7.89. The van der Waals surface area contributed by atoms with E-state index in [9.17, 15) is 13.5 Å². The Morgan fingerprint density at radius 1 is 1.17 bits per heavy atom. The first-order chi connectivity index (χ1) is 14.0. The molecule has 0 atom stereocenters. The van der Waals surface area contributed by atoms with Gasteiger partial charge < -0.3 is 10.4 Å². The number of benzene rings is 1. The third-order valence-corrected chi connectivity index (χ3v) is 6.66. The highest BCUT2D eigenvalue weighted by atomic mass is 32.2. The average molecular weight is 428 g/mol. The molecule has 1 aromatic carbocycles. The van der Waals surface area contributed by atoms with Crippen molar-refractivity contribution in [3.8, 4) is 11.3 Å². The van der Waals surface area contributed by atoms with Crippen molar-refractivity contribution in [2.24, 2.45) is 0 Å². The number of pyridine rings is 1. The van der Waals surface area contributed by atoms with Gasteiger partial charge in [0.25, 0.3) is 10.0 Å². The lowest BCUT2D eigenvalue weighted by molar-refractivity contribution is 0.286. The molecule has 0 fully saturated rings. The van der Waals surface area contributed by atoms with Crippen molar-refractivity contribution in [3.05, 3.63) is 71.5 Å². The fourth-order valence-corrected chi connectivity index (χ4v) is 4.63. The van der Waals surface area contributed by atoms with E-state index in [1.54, 1.807) is 42.6 Å². The zero-order chi connectivity index (χ0) is 20.4. The molecule has 8 nitrogen and oxygen atoms in total. The maximum Gasteiger partial charge on any atom is 0.282 e. The minimum atomic E-state index is -3.81. The van der Waals surface area contributed by atoms with Crippen LogP contribution in [-0.4, -0.2) is 32.7 Å². The smallest absolute Gasteiger partial charge is 0.282 e. The molecule has 148 valence electrons. The second-order valence-corrected chi connectivity index (χ2v) is 9.09. The fourth-order valence-electron chi connectivity index (χ4n) is 2.66. The number of aliphatic hydroxyl groups excluding tert-OH is 1. The van der Waals surface area contributed by atoms with Gasteiger partial charge in [0, 0.05) is 11.8 Å². The summed E-state index contributed by atoms with van der Waals surface area (Å²) in [6.07, 6.45) is 4.47. The lowest BCUT2D eigenvalue weighted by Crippen LogP contribution is -2.13. The molecule has 3 heterocycles. The maximum absolute atomic E-state index is 12.8. The molecule has 0 aliphatic rings. The van der Waals surface area contributed by atoms with Crippen molar-refractivity contribution in [3.63, 3.8) is 0 Å². The zero-order valence-electron chi connectivity index (χ0n) is 15.3. The number of anilines is 2. The van der Waals surface area contributed by atoms with Crippen molar-refractivity contribution in [2.45, 2.75) is 18.4 Å². The van der Waals surface area contributed by atoms with E-state index in [0.717, 1.165) is 9.65 Å². The van der Waals surface area contributed by atoms with E-state index in [4.69, 9.17) is 0 Å². The summed E-state index contributed by atoms with van der Waals surface area (Å²) in [5.74, 6) is 0.620. The Bertz CT molecular complexity index is 1230. The first kappa shape index (κ1) is 19.2. The molecule has 4 rings (SSSR count). The van der Waals surface area contributed by atoms with Gasteiger partial charge >= 0.3 is 0 Å². The van der Waals surface area contributed by atoms with Crippen molar-refractivity contribution in [1.29, 1.82) is 0 Å². The Kier molecular flexibility index (Phi) is 5.14. The SMILES string of the molecule is Cc1ccc(S(=O)(=O)n2cc(-c3nc(Nc4ccccn4)sc3CO)cn2)cc1. The van der Waals surface area contributed by atoms with Gasteiger partial charge in [0.1, 0.15) is 5.82 Å². The molecule has 0 saturated heterocycles. The number of hydrogen-bond acceptors (Lipinski definition) is 8. The number of aryl methyl sites for hydroxylation is 1. The molecule has 0 spiro atoms. The Morgan fingerprint density at radius 2 is 1.97 bits per heavy atom. The number of rotatable bonds is 6. The molecule has 4 aromatic rings. The van der Waals surface area contributed by atoms with Gasteiger partial charge in [0.2, 0.25) is 0 Å². The predicted octanol–water partition coefficient (Wildman–Crippen LogP) is 3.18. The van der Waals surface area contributed by atoms with E-state index >= 15 is 0 Å². The van der Waals surface area contributed by atoms with Crippen LogP contribution in [0.1, 0.15) is 10.4 Å². The van der Waals surface area contributed by atoms with Crippen LogP contribution in [0.25, 0.3) is 11.3 Å². The molecule has 0 radical (unpaired) electrons. The maximum atomic E-state index is 12.8. The highest BCUT2D eigenvalue weighted by Crippen LogP contribution is 2.32. The number of hydrogen-bond donors (Lipinski definition) is 2. The standard InChI is InChI=1S/C19H17N5O3S2/c1-13-5-7-15(8-6-13)29(26,27)24-11-14(10-21-24)18-16(12-25)28-19(23-18)22-17-4-2-3-9-20-17/h2-11,25H,12H2,1H3,(H,20,22,23). The summed E-state index contributed by atoms with van der Waals surface area (Å²) < 4.78 is 26.5. The predicted molar refractivity (Wildman–Crippen MR) is 111 cm³/mol. The Hall–Kier alpha value is -3.08. The summed E-state index contributed by atoms with van der Waals surface area (Å²) in [7, 11) is -3.81. The summed E-state index contributed by atoms with van der Waals surface area (Å²) in [6, 6.07) is 12.0. The molecule has 0 aliphatic heterocycles. The van der Waals surface area contributed by atoms with Crippen LogP contribution in [0.15, 0.2) is 66.0 Å². The van der Waals surface area contributed by atoms with Crippen molar-refractivity contribution in [1.82, 2.24) is 19.2 Å². The van der Waals surface area contributed by atoms with Crippen LogP contribution in [0.4, 0.5) is 10.9 Å². The molecule has 0 amide bonds. The Morgan fingerprint density at radius 3 is 2.66 bits per heavy atom. The second kappa shape index (κ2) is 7.74. The lowest BCUT2D eigenvalue weighted by Gasteiger charge is -2.04. The number of aliphatic hydroxyl groups is 1. The largest absolute Gasteiger partial charge is 0.391 e. The molecule has 0 bridgehead atoms. The van der Waals surface area contributed by atoms with Crippen LogP contribution in [0.2, 0.25) is 0 Å². The van der Waals surface area contributed by atoms with Gasteiger partial charge in [-0.1, -0.05) is 35.1 Å². The molecular weight excluding hydrogens is 410 g/mol. The molecule has 0 aliphatic carbocycles. The summed E-state index contributed by atoms with van der Waals surface area (Å²) in [5.41, 5.74) is 1.93. The third kappa shape index (κ3) is 3.90. The first-order valence-corrected chi connectivity index (χ1v) is 10.9. The van der Waals surface area contributed by atoms with Crippen LogP contribution < -0.4 is 5.32 Å². The summed E-state index contributed by atoms with van der Waals surface area (Å²) in [5, 5.41) is 17.3. The fraction of sp³-hybridized carbons (Fsp3) is 0.105. The molecule has 0 saturated carbocycles. The summed E-state index contributed by atoms with van der Waals surface area (Å²) >= 11 is 1.27. The van der Waals surface area contributed by atoms with Crippen molar-refractivity contribution < 1.29 is 13.5 Å². The Balaban J connectivity index is 1.66. The number of aromatic nitrogens is 4. The molecule has 29 heavy (non-hydrogen) atoms. The first-order valence-electron chi connectivity index (χ1n) is 8.63. The van der Waals surface area contributed by atoms with Gasteiger partial charge in [0.05, 0.1) is 34.5 Å². The normalized spacial score (nSPS) is 11.5. The van der Waals surface area contributed by atoms with Gasteiger partial charge in [-0.2, -0.15) is 17.6 Å². The monoisotopic (exact) mass is 427 g/mol.